The normalized spacial score (nSPS) is 27.0. The van der Waals surface area contributed by atoms with Gasteiger partial charge in [0.1, 0.15) is 5.82 Å². The van der Waals surface area contributed by atoms with Crippen LogP contribution >= 0.6 is 15.9 Å². The average Bonchev–Trinajstić information content (AvgIpc) is 2.32. The Labute approximate surface area is 129 Å². The second-order valence-corrected chi connectivity index (χ2v) is 7.60. The minimum Gasteiger partial charge on any atom is -0.390 e. The first-order chi connectivity index (χ1) is 9.38. The summed E-state index contributed by atoms with van der Waals surface area (Å²) in [6, 6.07) is 5.04. The molecule has 1 saturated carbocycles. The summed E-state index contributed by atoms with van der Waals surface area (Å²) in [7, 11) is 0. The van der Waals surface area contributed by atoms with E-state index in [1.165, 1.54) is 18.9 Å². The van der Waals surface area contributed by atoms with Crippen LogP contribution in [0.4, 0.5) is 4.39 Å². The highest BCUT2D eigenvalue weighted by Crippen LogP contribution is 2.38. The lowest BCUT2D eigenvalue weighted by Gasteiger charge is -2.37. The van der Waals surface area contributed by atoms with Crippen molar-refractivity contribution in [2.75, 3.05) is 0 Å². The molecule has 1 aliphatic carbocycles. The standard InChI is InChI=1S/C17H24BrFO/c1-12(2)8-13-4-3-7-17(20,10-13)11-14-5-6-16(19)15(18)9-14/h5-6,9,12-13,20H,3-4,7-8,10-11H2,1-2H3. The van der Waals surface area contributed by atoms with E-state index in [-0.39, 0.29) is 5.82 Å². The summed E-state index contributed by atoms with van der Waals surface area (Å²) in [5.41, 5.74) is 0.390. The maximum Gasteiger partial charge on any atom is 0.137 e. The fourth-order valence-electron chi connectivity index (χ4n) is 3.52. The number of hydrogen-bond acceptors (Lipinski definition) is 1. The van der Waals surface area contributed by atoms with Crippen LogP contribution in [0.1, 0.15) is 51.5 Å². The highest BCUT2D eigenvalue weighted by Gasteiger charge is 2.34. The van der Waals surface area contributed by atoms with Crippen LogP contribution in [-0.4, -0.2) is 10.7 Å². The fourth-order valence-corrected chi connectivity index (χ4v) is 3.95. The van der Waals surface area contributed by atoms with Crippen LogP contribution in [0.5, 0.6) is 0 Å². The fraction of sp³-hybridized carbons (Fsp3) is 0.647. The van der Waals surface area contributed by atoms with Crippen molar-refractivity contribution in [2.24, 2.45) is 11.8 Å². The Balaban J connectivity index is 2.04. The van der Waals surface area contributed by atoms with Gasteiger partial charge in [-0.25, -0.2) is 4.39 Å². The molecule has 2 unspecified atom stereocenters. The molecule has 2 rings (SSSR count). The molecule has 1 nitrogen and oxygen atoms in total. The topological polar surface area (TPSA) is 20.2 Å². The van der Waals surface area contributed by atoms with Gasteiger partial charge in [-0.15, -0.1) is 0 Å². The zero-order valence-corrected chi connectivity index (χ0v) is 13.9. The molecule has 1 fully saturated rings. The summed E-state index contributed by atoms with van der Waals surface area (Å²) >= 11 is 3.22. The van der Waals surface area contributed by atoms with Gasteiger partial charge in [0.25, 0.3) is 0 Å². The van der Waals surface area contributed by atoms with Gasteiger partial charge in [0.2, 0.25) is 0 Å². The van der Waals surface area contributed by atoms with Gasteiger partial charge < -0.3 is 5.11 Å². The molecule has 0 amide bonds. The lowest BCUT2D eigenvalue weighted by Crippen LogP contribution is -2.37. The predicted octanol–water partition coefficient (Wildman–Crippen LogP) is 5.10. The number of hydrogen-bond donors (Lipinski definition) is 1. The molecule has 0 saturated heterocycles. The zero-order valence-electron chi connectivity index (χ0n) is 12.3. The summed E-state index contributed by atoms with van der Waals surface area (Å²) in [6.45, 7) is 4.48. The molecule has 1 N–H and O–H groups in total. The number of rotatable bonds is 4. The van der Waals surface area contributed by atoms with Gasteiger partial charge >= 0.3 is 0 Å². The molecule has 2 atom stereocenters. The van der Waals surface area contributed by atoms with Gasteiger partial charge in [-0.1, -0.05) is 32.8 Å². The molecule has 0 radical (unpaired) electrons. The lowest BCUT2D eigenvalue weighted by atomic mass is 9.73. The van der Waals surface area contributed by atoms with Gasteiger partial charge in [-0.2, -0.15) is 0 Å². The number of benzene rings is 1. The second-order valence-electron chi connectivity index (χ2n) is 6.74. The van der Waals surface area contributed by atoms with Crippen LogP contribution in [0.25, 0.3) is 0 Å². The van der Waals surface area contributed by atoms with Gasteiger partial charge in [0, 0.05) is 6.42 Å². The highest BCUT2D eigenvalue weighted by molar-refractivity contribution is 9.10. The maximum atomic E-state index is 13.3. The molecule has 20 heavy (non-hydrogen) atoms. The average molecular weight is 343 g/mol. The van der Waals surface area contributed by atoms with E-state index in [9.17, 15) is 9.50 Å². The van der Waals surface area contributed by atoms with E-state index in [1.807, 2.05) is 0 Å². The third-order valence-electron chi connectivity index (χ3n) is 4.25. The first kappa shape index (κ1) is 16.0. The summed E-state index contributed by atoms with van der Waals surface area (Å²) < 4.78 is 13.7. The van der Waals surface area contributed by atoms with Crippen LogP contribution in [0.15, 0.2) is 22.7 Å². The third kappa shape index (κ3) is 4.29. The van der Waals surface area contributed by atoms with E-state index in [4.69, 9.17) is 0 Å². The Morgan fingerprint density at radius 1 is 1.45 bits per heavy atom. The van der Waals surface area contributed by atoms with E-state index in [0.717, 1.165) is 24.8 Å². The van der Waals surface area contributed by atoms with Crippen molar-refractivity contribution in [3.63, 3.8) is 0 Å². The Bertz CT molecular complexity index is 460. The SMILES string of the molecule is CC(C)CC1CCCC(O)(Cc2ccc(F)c(Br)c2)C1. The Morgan fingerprint density at radius 3 is 2.85 bits per heavy atom. The van der Waals surface area contributed by atoms with Crippen molar-refractivity contribution in [2.45, 2.75) is 58.0 Å². The third-order valence-corrected chi connectivity index (χ3v) is 4.85. The first-order valence-electron chi connectivity index (χ1n) is 7.54. The summed E-state index contributed by atoms with van der Waals surface area (Å²) in [5.74, 6) is 1.06. The van der Waals surface area contributed by atoms with Crippen molar-refractivity contribution >= 4 is 15.9 Å². The van der Waals surface area contributed by atoms with Crippen molar-refractivity contribution in [1.82, 2.24) is 0 Å². The molecular formula is C17H24BrFO. The molecule has 0 spiro atoms. The van der Waals surface area contributed by atoms with E-state index >= 15 is 0 Å². The molecule has 1 aromatic carbocycles. The predicted molar refractivity (Wildman–Crippen MR) is 84.2 cm³/mol. The summed E-state index contributed by atoms with van der Waals surface area (Å²) in [4.78, 5) is 0. The highest BCUT2D eigenvalue weighted by atomic mass is 79.9. The quantitative estimate of drug-likeness (QED) is 0.807. The Hall–Kier alpha value is -0.410. The van der Waals surface area contributed by atoms with Crippen LogP contribution < -0.4 is 0 Å². The van der Waals surface area contributed by atoms with E-state index < -0.39 is 5.60 Å². The largest absolute Gasteiger partial charge is 0.390 e. The Kier molecular flexibility index (Phi) is 5.25. The van der Waals surface area contributed by atoms with Crippen LogP contribution in [0, 0.1) is 17.7 Å². The van der Waals surface area contributed by atoms with E-state index in [1.54, 1.807) is 12.1 Å². The molecule has 3 heteroatoms. The van der Waals surface area contributed by atoms with E-state index in [2.05, 4.69) is 29.8 Å². The molecule has 0 heterocycles. The lowest BCUT2D eigenvalue weighted by molar-refractivity contribution is -0.0189. The molecule has 0 aromatic heterocycles. The van der Waals surface area contributed by atoms with Crippen LogP contribution in [0.3, 0.4) is 0 Å². The minimum atomic E-state index is -0.616. The summed E-state index contributed by atoms with van der Waals surface area (Å²) in [6.07, 6.45) is 5.87. The van der Waals surface area contributed by atoms with Crippen LogP contribution in [-0.2, 0) is 6.42 Å². The molecule has 1 aliphatic rings. The number of halogens is 2. The van der Waals surface area contributed by atoms with Crippen molar-refractivity contribution < 1.29 is 9.50 Å². The summed E-state index contributed by atoms with van der Waals surface area (Å²) in [5, 5.41) is 10.9. The van der Waals surface area contributed by atoms with Crippen molar-refractivity contribution in [3.8, 4) is 0 Å². The van der Waals surface area contributed by atoms with Gasteiger partial charge in [0.15, 0.2) is 0 Å². The molecular weight excluding hydrogens is 319 g/mol. The first-order valence-corrected chi connectivity index (χ1v) is 8.33. The Morgan fingerprint density at radius 2 is 2.20 bits per heavy atom. The monoisotopic (exact) mass is 342 g/mol. The van der Waals surface area contributed by atoms with E-state index in [0.29, 0.717) is 22.7 Å². The second kappa shape index (κ2) is 6.57. The maximum absolute atomic E-state index is 13.3. The van der Waals surface area contributed by atoms with Crippen molar-refractivity contribution in [3.05, 3.63) is 34.1 Å². The molecule has 1 aromatic rings. The minimum absolute atomic E-state index is 0.248. The molecule has 0 aliphatic heterocycles. The number of aliphatic hydroxyl groups is 1. The smallest absolute Gasteiger partial charge is 0.137 e. The van der Waals surface area contributed by atoms with Crippen molar-refractivity contribution in [1.29, 1.82) is 0 Å². The zero-order chi connectivity index (χ0) is 14.8. The molecule has 0 bridgehead atoms. The van der Waals surface area contributed by atoms with Gasteiger partial charge in [-0.3, -0.25) is 0 Å². The molecule has 112 valence electrons. The van der Waals surface area contributed by atoms with Crippen LogP contribution in [0.2, 0.25) is 0 Å². The van der Waals surface area contributed by atoms with Gasteiger partial charge in [-0.05, 0) is 64.7 Å². The van der Waals surface area contributed by atoms with Gasteiger partial charge in [0.05, 0.1) is 10.1 Å².